The molecule has 50 valence electrons. The van der Waals surface area contributed by atoms with Crippen LogP contribution in [0.1, 0.15) is 20.3 Å². The lowest BCUT2D eigenvalue weighted by Gasteiger charge is -2.28. The van der Waals surface area contributed by atoms with Gasteiger partial charge in [0.1, 0.15) is 0 Å². The van der Waals surface area contributed by atoms with E-state index in [1.165, 1.54) is 0 Å². The van der Waals surface area contributed by atoms with Crippen molar-refractivity contribution in [1.29, 1.82) is 0 Å². The summed E-state index contributed by atoms with van der Waals surface area (Å²) < 4.78 is 9.64. The Bertz CT molecular complexity index is 132. The van der Waals surface area contributed by atoms with E-state index in [1.54, 1.807) is 0 Å². The third-order valence-electron chi connectivity index (χ3n) is 1.24. The number of hydrogen-bond donors (Lipinski definition) is 0. The van der Waals surface area contributed by atoms with Crippen LogP contribution in [0.5, 0.6) is 0 Å². The maximum absolute atomic E-state index is 10.6. The molecule has 0 aliphatic carbocycles. The maximum Gasteiger partial charge on any atom is 0.509 e. The van der Waals surface area contributed by atoms with Gasteiger partial charge in [-0.25, -0.2) is 0 Å². The van der Waals surface area contributed by atoms with E-state index in [9.17, 15) is 4.79 Å². The predicted molar refractivity (Wildman–Crippen MR) is 33.0 cm³/mol. The molecule has 1 rings (SSSR count). The zero-order valence-corrected chi connectivity index (χ0v) is 5.64. The second kappa shape index (κ2) is 2.03. The van der Waals surface area contributed by atoms with Gasteiger partial charge in [-0.05, 0) is 13.8 Å². The Balaban J connectivity index is 2.51. The zero-order valence-electron chi connectivity index (χ0n) is 5.64. The highest BCUT2D eigenvalue weighted by atomic mass is 16.6. The van der Waals surface area contributed by atoms with Gasteiger partial charge in [0.2, 0.25) is 0 Å². The van der Waals surface area contributed by atoms with Crippen molar-refractivity contribution in [2.45, 2.75) is 25.9 Å². The fourth-order valence-corrected chi connectivity index (χ4v) is 0.704. The molecule has 1 fully saturated rings. The van der Waals surface area contributed by atoms with Crippen LogP contribution in [0.25, 0.3) is 0 Å². The molecule has 0 aromatic rings. The molecule has 0 bridgehead atoms. The fraction of sp³-hybridized carbons (Fsp3) is 0.800. The van der Waals surface area contributed by atoms with Crippen LogP contribution in [0.4, 0.5) is 0 Å². The van der Waals surface area contributed by atoms with E-state index in [1.807, 2.05) is 13.8 Å². The van der Waals surface area contributed by atoms with Gasteiger partial charge < -0.3 is 9.31 Å². The zero-order chi connectivity index (χ0) is 6.91. The summed E-state index contributed by atoms with van der Waals surface area (Å²) in [5.74, 6) is -0.175. The SMILES string of the molecule is CC1(C)CC(=O)OBO1. The van der Waals surface area contributed by atoms with Crippen molar-refractivity contribution in [2.24, 2.45) is 0 Å². The van der Waals surface area contributed by atoms with Gasteiger partial charge in [0.15, 0.2) is 0 Å². The second-order valence-electron chi connectivity index (χ2n) is 2.72. The topological polar surface area (TPSA) is 35.5 Å². The molecule has 0 aromatic carbocycles. The molecule has 0 radical (unpaired) electrons. The first kappa shape index (κ1) is 6.61. The lowest BCUT2D eigenvalue weighted by molar-refractivity contribution is -0.144. The van der Waals surface area contributed by atoms with Crippen molar-refractivity contribution in [2.75, 3.05) is 0 Å². The molecule has 1 aliphatic rings. The molecule has 9 heavy (non-hydrogen) atoms. The molecule has 0 aromatic heterocycles. The third kappa shape index (κ3) is 1.71. The van der Waals surface area contributed by atoms with Crippen molar-refractivity contribution < 1.29 is 14.1 Å². The fourth-order valence-electron chi connectivity index (χ4n) is 0.704. The second-order valence-corrected chi connectivity index (χ2v) is 2.72. The maximum atomic E-state index is 10.6. The van der Waals surface area contributed by atoms with E-state index in [0.717, 1.165) is 0 Å². The largest absolute Gasteiger partial charge is 0.512 e. The predicted octanol–water partition coefficient (Wildman–Crippen LogP) is -0.00500. The number of carbonyl (C=O) groups is 1. The van der Waals surface area contributed by atoms with Gasteiger partial charge in [0.05, 0.1) is 12.0 Å². The van der Waals surface area contributed by atoms with E-state index in [0.29, 0.717) is 6.42 Å². The van der Waals surface area contributed by atoms with Gasteiger partial charge in [-0.15, -0.1) is 0 Å². The Morgan fingerprint density at radius 1 is 1.67 bits per heavy atom. The Kier molecular flexibility index (Phi) is 1.49. The molecule has 4 heteroatoms. The van der Waals surface area contributed by atoms with Crippen LogP contribution < -0.4 is 0 Å². The van der Waals surface area contributed by atoms with Crippen LogP contribution in [0.15, 0.2) is 0 Å². The molecule has 1 saturated heterocycles. The molecule has 0 amide bonds. The standard InChI is InChI=1S/C5H9BO3/c1-5(2)3-4(7)8-6-9-5/h6H,3H2,1-2H3. The van der Waals surface area contributed by atoms with E-state index < -0.39 is 0 Å². The van der Waals surface area contributed by atoms with Gasteiger partial charge in [-0.3, -0.25) is 4.79 Å². The van der Waals surface area contributed by atoms with E-state index in [-0.39, 0.29) is 19.3 Å². The highest BCUT2D eigenvalue weighted by Crippen LogP contribution is 2.17. The first-order chi connectivity index (χ1) is 4.10. The van der Waals surface area contributed by atoms with E-state index in [4.69, 9.17) is 4.65 Å². The monoisotopic (exact) mass is 128 g/mol. The molecular formula is C5H9BO3. The molecule has 0 N–H and O–H groups in total. The Labute approximate surface area is 54.6 Å². The quantitative estimate of drug-likeness (QED) is 0.430. The molecule has 1 aliphatic heterocycles. The third-order valence-corrected chi connectivity index (χ3v) is 1.24. The van der Waals surface area contributed by atoms with Crippen LogP contribution in [0.3, 0.4) is 0 Å². The first-order valence-corrected chi connectivity index (χ1v) is 2.90. The molecule has 0 atom stereocenters. The van der Waals surface area contributed by atoms with Gasteiger partial charge >= 0.3 is 7.69 Å². The lowest BCUT2D eigenvalue weighted by atomic mass is 10.0. The summed E-state index contributed by atoms with van der Waals surface area (Å²) in [6.07, 6.45) is 0.354. The minimum Gasteiger partial charge on any atom is -0.512 e. The van der Waals surface area contributed by atoms with Crippen molar-refractivity contribution in [3.8, 4) is 0 Å². The summed E-state index contributed by atoms with van der Waals surface area (Å²) in [6.45, 7) is 3.74. The number of carbonyl (C=O) groups excluding carboxylic acids is 1. The van der Waals surface area contributed by atoms with Crippen LogP contribution in [0, 0.1) is 0 Å². The lowest BCUT2D eigenvalue weighted by Crippen LogP contribution is -2.37. The number of hydrogen-bond acceptors (Lipinski definition) is 3. The Morgan fingerprint density at radius 2 is 2.33 bits per heavy atom. The smallest absolute Gasteiger partial charge is 0.509 e. The summed E-state index contributed by atoms with van der Waals surface area (Å²) in [5, 5.41) is 0. The summed E-state index contributed by atoms with van der Waals surface area (Å²) >= 11 is 0. The summed E-state index contributed by atoms with van der Waals surface area (Å²) in [7, 11) is 0.103. The van der Waals surface area contributed by atoms with Crippen LogP contribution >= 0.6 is 0 Å². The average Bonchev–Trinajstić information content (AvgIpc) is 1.60. The average molecular weight is 128 g/mol. The van der Waals surface area contributed by atoms with Crippen LogP contribution in [0.2, 0.25) is 0 Å². The van der Waals surface area contributed by atoms with Gasteiger partial charge in [0, 0.05) is 0 Å². The molecule has 0 unspecified atom stereocenters. The normalized spacial score (nSPS) is 24.4. The number of rotatable bonds is 0. The summed E-state index contributed by atoms with van der Waals surface area (Å²) in [5.41, 5.74) is -0.324. The molecule has 3 nitrogen and oxygen atoms in total. The van der Waals surface area contributed by atoms with Gasteiger partial charge in [-0.2, -0.15) is 0 Å². The molecule has 1 heterocycles. The molecule has 0 spiro atoms. The van der Waals surface area contributed by atoms with Gasteiger partial charge in [-0.1, -0.05) is 0 Å². The summed E-state index contributed by atoms with van der Waals surface area (Å²) in [6, 6.07) is 0. The highest BCUT2D eigenvalue weighted by molar-refractivity contribution is 6.23. The highest BCUT2D eigenvalue weighted by Gasteiger charge is 2.28. The van der Waals surface area contributed by atoms with Crippen molar-refractivity contribution in [3.63, 3.8) is 0 Å². The van der Waals surface area contributed by atoms with Crippen LogP contribution in [-0.2, 0) is 14.1 Å². The minimum absolute atomic E-state index is 0.103. The van der Waals surface area contributed by atoms with Crippen LogP contribution in [-0.4, -0.2) is 19.3 Å². The van der Waals surface area contributed by atoms with Crippen molar-refractivity contribution in [1.82, 2.24) is 0 Å². The van der Waals surface area contributed by atoms with E-state index in [2.05, 4.69) is 4.65 Å². The van der Waals surface area contributed by atoms with Crippen molar-refractivity contribution in [3.05, 3.63) is 0 Å². The van der Waals surface area contributed by atoms with E-state index >= 15 is 0 Å². The minimum atomic E-state index is -0.324. The Morgan fingerprint density at radius 3 is 2.67 bits per heavy atom. The molecule has 0 saturated carbocycles. The first-order valence-electron chi connectivity index (χ1n) is 2.90. The van der Waals surface area contributed by atoms with Gasteiger partial charge in [0.25, 0.3) is 5.97 Å². The van der Waals surface area contributed by atoms with Crippen molar-refractivity contribution >= 4 is 13.7 Å². The summed E-state index contributed by atoms with van der Waals surface area (Å²) in [4.78, 5) is 10.6. The Hall–Kier alpha value is -0.505. The molecular weight excluding hydrogens is 119 g/mol.